The standard InChI is InChI=1S/C15H23NO2/c1-11(16-9-10-17)14(18)12-5-7-13(8-6-12)15(2,3)4/h5-8,11,16-17H,9-10H2,1-4H3. The Morgan fingerprint density at radius 2 is 1.83 bits per heavy atom. The Balaban J connectivity index is 2.76. The molecule has 3 nitrogen and oxygen atoms in total. The third-order valence-corrected chi connectivity index (χ3v) is 2.99. The number of hydrogen-bond acceptors (Lipinski definition) is 3. The Labute approximate surface area is 109 Å². The van der Waals surface area contributed by atoms with Crippen molar-refractivity contribution < 1.29 is 9.90 Å². The Morgan fingerprint density at radius 3 is 2.28 bits per heavy atom. The van der Waals surface area contributed by atoms with Crippen LogP contribution in [0, 0.1) is 0 Å². The molecule has 1 unspecified atom stereocenters. The van der Waals surface area contributed by atoms with Gasteiger partial charge in [-0.2, -0.15) is 0 Å². The Morgan fingerprint density at radius 1 is 1.28 bits per heavy atom. The number of hydrogen-bond donors (Lipinski definition) is 2. The first-order valence-corrected chi connectivity index (χ1v) is 6.35. The minimum absolute atomic E-state index is 0.0422. The SMILES string of the molecule is CC(NCCO)C(=O)c1ccc(C(C)(C)C)cc1. The molecule has 1 rings (SSSR count). The maximum Gasteiger partial charge on any atom is 0.179 e. The number of nitrogens with one attached hydrogen (secondary N) is 1. The van der Waals surface area contributed by atoms with Gasteiger partial charge >= 0.3 is 0 Å². The quantitative estimate of drug-likeness (QED) is 0.786. The molecule has 3 heteroatoms. The van der Waals surface area contributed by atoms with Gasteiger partial charge in [-0.3, -0.25) is 4.79 Å². The van der Waals surface area contributed by atoms with Crippen LogP contribution in [0.2, 0.25) is 0 Å². The van der Waals surface area contributed by atoms with Gasteiger partial charge < -0.3 is 10.4 Å². The summed E-state index contributed by atoms with van der Waals surface area (Å²) < 4.78 is 0. The van der Waals surface area contributed by atoms with Crippen LogP contribution < -0.4 is 5.32 Å². The number of aliphatic hydroxyl groups excluding tert-OH is 1. The fourth-order valence-electron chi connectivity index (χ4n) is 1.76. The lowest BCUT2D eigenvalue weighted by atomic mass is 9.86. The lowest BCUT2D eigenvalue weighted by Gasteiger charge is -2.19. The van der Waals surface area contributed by atoms with E-state index in [4.69, 9.17) is 5.11 Å². The molecule has 0 amide bonds. The summed E-state index contributed by atoms with van der Waals surface area (Å²) in [5.41, 5.74) is 2.03. The summed E-state index contributed by atoms with van der Waals surface area (Å²) in [5, 5.41) is 11.7. The summed E-state index contributed by atoms with van der Waals surface area (Å²) in [6.07, 6.45) is 0. The van der Waals surface area contributed by atoms with Crippen LogP contribution in [0.25, 0.3) is 0 Å². The van der Waals surface area contributed by atoms with Gasteiger partial charge in [0, 0.05) is 12.1 Å². The van der Waals surface area contributed by atoms with Gasteiger partial charge in [0.25, 0.3) is 0 Å². The molecule has 18 heavy (non-hydrogen) atoms. The Bertz CT molecular complexity index is 390. The van der Waals surface area contributed by atoms with E-state index in [2.05, 4.69) is 26.1 Å². The summed E-state index contributed by atoms with van der Waals surface area (Å²) in [6.45, 7) is 8.74. The minimum atomic E-state index is -0.266. The summed E-state index contributed by atoms with van der Waals surface area (Å²) in [6, 6.07) is 7.50. The van der Waals surface area contributed by atoms with Crippen molar-refractivity contribution in [3.8, 4) is 0 Å². The van der Waals surface area contributed by atoms with Crippen molar-refractivity contribution in [2.45, 2.75) is 39.2 Å². The normalized spacial score (nSPS) is 13.4. The fraction of sp³-hybridized carbons (Fsp3) is 0.533. The number of Topliss-reactive ketones (excluding diaryl/α,β-unsaturated/α-hetero) is 1. The van der Waals surface area contributed by atoms with E-state index in [0.717, 1.165) is 0 Å². The van der Waals surface area contributed by atoms with E-state index in [-0.39, 0.29) is 23.8 Å². The smallest absolute Gasteiger partial charge is 0.179 e. The molecule has 0 saturated carbocycles. The molecule has 2 N–H and O–H groups in total. The molecule has 0 saturated heterocycles. The second kappa shape index (κ2) is 6.12. The van der Waals surface area contributed by atoms with Crippen LogP contribution in [0.5, 0.6) is 0 Å². The minimum Gasteiger partial charge on any atom is -0.395 e. The van der Waals surface area contributed by atoms with Crippen molar-refractivity contribution in [1.82, 2.24) is 5.32 Å². The van der Waals surface area contributed by atoms with E-state index in [1.807, 2.05) is 31.2 Å². The zero-order valence-electron chi connectivity index (χ0n) is 11.7. The van der Waals surface area contributed by atoms with Gasteiger partial charge in [-0.25, -0.2) is 0 Å². The zero-order chi connectivity index (χ0) is 13.8. The van der Waals surface area contributed by atoms with E-state index >= 15 is 0 Å². The van der Waals surface area contributed by atoms with Gasteiger partial charge in [0.05, 0.1) is 12.6 Å². The van der Waals surface area contributed by atoms with Crippen LogP contribution in [0.15, 0.2) is 24.3 Å². The zero-order valence-corrected chi connectivity index (χ0v) is 11.7. The second-order valence-corrected chi connectivity index (χ2v) is 5.59. The number of carbonyl (C=O) groups is 1. The van der Waals surface area contributed by atoms with Crippen LogP contribution in [-0.2, 0) is 5.41 Å². The van der Waals surface area contributed by atoms with Crippen molar-refractivity contribution in [1.29, 1.82) is 0 Å². The number of aliphatic hydroxyl groups is 1. The van der Waals surface area contributed by atoms with Crippen LogP contribution in [0.3, 0.4) is 0 Å². The topological polar surface area (TPSA) is 49.3 Å². The highest BCUT2D eigenvalue weighted by molar-refractivity contribution is 5.99. The van der Waals surface area contributed by atoms with Crippen LogP contribution in [0.4, 0.5) is 0 Å². The summed E-state index contributed by atoms with van der Waals surface area (Å²) in [7, 11) is 0. The lowest BCUT2D eigenvalue weighted by Crippen LogP contribution is -2.35. The number of ketones is 1. The molecule has 0 aliphatic rings. The van der Waals surface area contributed by atoms with Crippen LogP contribution in [0.1, 0.15) is 43.6 Å². The molecule has 1 atom stereocenters. The maximum absolute atomic E-state index is 12.1. The fourth-order valence-corrected chi connectivity index (χ4v) is 1.76. The maximum atomic E-state index is 12.1. The van der Waals surface area contributed by atoms with E-state index in [0.29, 0.717) is 12.1 Å². The largest absolute Gasteiger partial charge is 0.395 e. The van der Waals surface area contributed by atoms with Crippen molar-refractivity contribution in [3.05, 3.63) is 35.4 Å². The van der Waals surface area contributed by atoms with E-state index in [9.17, 15) is 4.79 Å². The molecule has 0 aliphatic heterocycles. The van der Waals surface area contributed by atoms with Crippen molar-refractivity contribution in [2.75, 3.05) is 13.2 Å². The Kier molecular flexibility index (Phi) is 5.05. The molecule has 0 aromatic heterocycles. The van der Waals surface area contributed by atoms with Gasteiger partial charge in [-0.15, -0.1) is 0 Å². The molecule has 0 radical (unpaired) electrons. The lowest BCUT2D eigenvalue weighted by molar-refractivity contribution is 0.0948. The summed E-state index contributed by atoms with van der Waals surface area (Å²) in [4.78, 5) is 12.1. The van der Waals surface area contributed by atoms with E-state index < -0.39 is 0 Å². The van der Waals surface area contributed by atoms with Gasteiger partial charge in [-0.1, -0.05) is 45.0 Å². The molecule has 100 valence electrons. The van der Waals surface area contributed by atoms with Crippen molar-refractivity contribution in [3.63, 3.8) is 0 Å². The van der Waals surface area contributed by atoms with E-state index in [1.165, 1.54) is 5.56 Å². The predicted molar refractivity (Wildman–Crippen MR) is 74.0 cm³/mol. The van der Waals surface area contributed by atoms with Crippen LogP contribution >= 0.6 is 0 Å². The molecule has 0 aliphatic carbocycles. The number of rotatable bonds is 5. The van der Waals surface area contributed by atoms with Gasteiger partial charge in [-0.05, 0) is 17.9 Å². The van der Waals surface area contributed by atoms with Crippen molar-refractivity contribution in [2.24, 2.45) is 0 Å². The molecular formula is C15H23NO2. The molecule has 0 spiro atoms. The van der Waals surface area contributed by atoms with Gasteiger partial charge in [0.15, 0.2) is 5.78 Å². The molecule has 0 fully saturated rings. The van der Waals surface area contributed by atoms with Crippen LogP contribution in [-0.4, -0.2) is 30.1 Å². The summed E-state index contributed by atoms with van der Waals surface area (Å²) >= 11 is 0. The average Bonchev–Trinajstić information content (AvgIpc) is 2.34. The molecule has 1 aromatic carbocycles. The highest BCUT2D eigenvalue weighted by Crippen LogP contribution is 2.22. The molecular weight excluding hydrogens is 226 g/mol. The van der Waals surface area contributed by atoms with Gasteiger partial charge in [0.2, 0.25) is 0 Å². The monoisotopic (exact) mass is 249 g/mol. The third-order valence-electron chi connectivity index (χ3n) is 2.99. The number of benzene rings is 1. The van der Waals surface area contributed by atoms with Crippen molar-refractivity contribution >= 4 is 5.78 Å². The summed E-state index contributed by atoms with van der Waals surface area (Å²) in [5.74, 6) is 0.0592. The highest BCUT2D eigenvalue weighted by Gasteiger charge is 2.17. The van der Waals surface area contributed by atoms with Gasteiger partial charge in [0.1, 0.15) is 0 Å². The first kappa shape index (κ1) is 14.9. The first-order valence-electron chi connectivity index (χ1n) is 6.35. The van der Waals surface area contributed by atoms with E-state index in [1.54, 1.807) is 0 Å². The highest BCUT2D eigenvalue weighted by atomic mass is 16.3. The Hall–Kier alpha value is -1.19. The second-order valence-electron chi connectivity index (χ2n) is 5.59. The molecule has 0 heterocycles. The predicted octanol–water partition coefficient (Wildman–Crippen LogP) is 2.14. The molecule has 1 aromatic rings. The first-order chi connectivity index (χ1) is 8.36. The molecule has 0 bridgehead atoms. The average molecular weight is 249 g/mol. The number of carbonyl (C=O) groups excluding carboxylic acids is 1. The third kappa shape index (κ3) is 3.93.